The first-order chi connectivity index (χ1) is 6.61. The van der Waals surface area contributed by atoms with Crippen LogP contribution in [0.5, 0.6) is 0 Å². The summed E-state index contributed by atoms with van der Waals surface area (Å²) in [5.74, 6) is -1.77. The van der Waals surface area contributed by atoms with E-state index in [1.807, 2.05) is 0 Å². The number of rotatable bonds is 3. The zero-order valence-corrected chi connectivity index (χ0v) is 8.53. The summed E-state index contributed by atoms with van der Waals surface area (Å²) in [6.45, 7) is 0. The molecule has 15 heavy (non-hydrogen) atoms. The number of aliphatic carboxylic acids is 1. The van der Waals surface area contributed by atoms with Crippen molar-refractivity contribution in [1.29, 1.82) is 0 Å². The van der Waals surface area contributed by atoms with Gasteiger partial charge in [-0.1, -0.05) is 18.2 Å². The summed E-state index contributed by atoms with van der Waals surface area (Å²) in [5.41, 5.74) is 5.50. The highest BCUT2D eigenvalue weighted by molar-refractivity contribution is 5.96. The molecule has 0 saturated carbocycles. The summed E-state index contributed by atoms with van der Waals surface area (Å²) in [4.78, 5) is 21.6. The number of nitrogens with two attached hydrogens (primary N) is 1. The van der Waals surface area contributed by atoms with Crippen molar-refractivity contribution in [1.82, 2.24) is 5.32 Å². The fourth-order valence-corrected chi connectivity index (χ4v) is 0.876. The summed E-state index contributed by atoms with van der Waals surface area (Å²) in [5, 5.41) is 10.6. The number of hydrogen-bond donors (Lipinski definition) is 3. The van der Waals surface area contributed by atoms with E-state index in [1.165, 1.54) is 0 Å². The molecule has 1 aromatic rings. The summed E-state index contributed by atoms with van der Waals surface area (Å²) < 4.78 is 0. The minimum absolute atomic E-state index is 0. The molecule has 0 spiro atoms. The van der Waals surface area contributed by atoms with Crippen LogP contribution in [0.2, 0.25) is 0 Å². The molecule has 0 heterocycles. The second-order valence-electron chi connectivity index (χ2n) is 2.66. The fourth-order valence-electron chi connectivity index (χ4n) is 0.876. The molecule has 1 rings (SSSR count). The van der Waals surface area contributed by atoms with E-state index in [2.05, 4.69) is 5.32 Å². The van der Waals surface area contributed by atoms with Crippen molar-refractivity contribution in [2.75, 3.05) is 0 Å². The lowest BCUT2D eigenvalue weighted by Gasteiger charge is -2.08. The maximum Gasteiger partial charge on any atom is 0.341 e. The number of hydrogen-bond acceptors (Lipinski definition) is 3. The molecule has 1 unspecified atom stereocenters. The predicted molar refractivity (Wildman–Crippen MR) is 56.8 cm³/mol. The van der Waals surface area contributed by atoms with E-state index in [-0.39, 0.29) is 12.4 Å². The van der Waals surface area contributed by atoms with Crippen LogP contribution in [0.4, 0.5) is 0 Å². The number of halogens is 1. The smallest absolute Gasteiger partial charge is 0.341 e. The molecule has 1 aromatic carbocycles. The molecule has 6 heteroatoms. The van der Waals surface area contributed by atoms with E-state index in [1.54, 1.807) is 30.3 Å². The van der Waals surface area contributed by atoms with Gasteiger partial charge in [0.25, 0.3) is 5.91 Å². The first-order valence-electron chi connectivity index (χ1n) is 3.95. The summed E-state index contributed by atoms with van der Waals surface area (Å²) in [6.07, 6.45) is -1.37. The van der Waals surface area contributed by atoms with Gasteiger partial charge in [0.15, 0.2) is 6.17 Å². The summed E-state index contributed by atoms with van der Waals surface area (Å²) in [7, 11) is 0. The van der Waals surface area contributed by atoms with Gasteiger partial charge in [0.2, 0.25) is 0 Å². The Morgan fingerprint density at radius 2 is 1.80 bits per heavy atom. The van der Waals surface area contributed by atoms with Crippen LogP contribution in [0, 0.1) is 0 Å². The number of carboxylic acid groups (broad SMARTS) is 1. The van der Waals surface area contributed by atoms with Crippen LogP contribution in [0.15, 0.2) is 30.3 Å². The van der Waals surface area contributed by atoms with Gasteiger partial charge in [-0.2, -0.15) is 0 Å². The second kappa shape index (κ2) is 6.00. The van der Waals surface area contributed by atoms with Crippen molar-refractivity contribution >= 4 is 24.3 Å². The molecular weight excluding hydrogens is 220 g/mol. The van der Waals surface area contributed by atoms with Crippen LogP contribution in [0.3, 0.4) is 0 Å². The first-order valence-corrected chi connectivity index (χ1v) is 3.95. The van der Waals surface area contributed by atoms with Crippen LogP contribution in [0.25, 0.3) is 0 Å². The summed E-state index contributed by atoms with van der Waals surface area (Å²) in [6, 6.07) is 8.27. The maximum atomic E-state index is 11.3. The SMILES string of the molecule is Cl.NC(NC(=O)c1ccccc1)C(=O)O. The highest BCUT2D eigenvalue weighted by Gasteiger charge is 2.14. The van der Waals surface area contributed by atoms with Crippen molar-refractivity contribution in [3.63, 3.8) is 0 Å². The number of benzene rings is 1. The lowest BCUT2D eigenvalue weighted by atomic mass is 10.2. The highest BCUT2D eigenvalue weighted by atomic mass is 35.5. The normalized spacial score (nSPS) is 11.0. The molecule has 1 amide bonds. The molecule has 0 bridgehead atoms. The molecule has 0 fully saturated rings. The molecule has 1 atom stereocenters. The minimum atomic E-state index is -1.37. The Labute approximate surface area is 92.7 Å². The molecule has 0 aliphatic rings. The molecule has 0 saturated heterocycles. The number of amides is 1. The van der Waals surface area contributed by atoms with Gasteiger partial charge in [-0.25, -0.2) is 4.79 Å². The maximum absolute atomic E-state index is 11.3. The molecule has 0 aromatic heterocycles. The van der Waals surface area contributed by atoms with Gasteiger partial charge >= 0.3 is 5.97 Å². The van der Waals surface area contributed by atoms with E-state index in [0.29, 0.717) is 5.56 Å². The number of carboxylic acids is 1. The monoisotopic (exact) mass is 230 g/mol. The fraction of sp³-hybridized carbons (Fsp3) is 0.111. The van der Waals surface area contributed by atoms with Crippen molar-refractivity contribution in [3.05, 3.63) is 35.9 Å². The molecule has 5 nitrogen and oxygen atoms in total. The number of carbonyl (C=O) groups is 2. The van der Waals surface area contributed by atoms with E-state index in [0.717, 1.165) is 0 Å². The Morgan fingerprint density at radius 3 is 2.27 bits per heavy atom. The van der Waals surface area contributed by atoms with E-state index in [4.69, 9.17) is 10.8 Å². The quantitative estimate of drug-likeness (QED) is 0.647. The van der Waals surface area contributed by atoms with E-state index >= 15 is 0 Å². The van der Waals surface area contributed by atoms with Gasteiger partial charge in [0.05, 0.1) is 0 Å². The van der Waals surface area contributed by atoms with E-state index in [9.17, 15) is 9.59 Å². The van der Waals surface area contributed by atoms with Gasteiger partial charge in [-0.05, 0) is 12.1 Å². The Balaban J connectivity index is 0.00000196. The number of nitrogens with one attached hydrogen (secondary N) is 1. The molecule has 0 aliphatic carbocycles. The van der Waals surface area contributed by atoms with Gasteiger partial charge in [0, 0.05) is 5.56 Å². The molecule has 82 valence electrons. The third kappa shape index (κ3) is 3.97. The molecule has 0 aliphatic heterocycles. The number of carbonyl (C=O) groups excluding carboxylic acids is 1. The molecule has 0 radical (unpaired) electrons. The average Bonchev–Trinajstić information content (AvgIpc) is 2.19. The van der Waals surface area contributed by atoms with Crippen LogP contribution >= 0.6 is 12.4 Å². The Kier molecular flexibility index (Phi) is 5.36. The van der Waals surface area contributed by atoms with Crippen LogP contribution in [0.1, 0.15) is 10.4 Å². The Hall–Kier alpha value is -1.59. The second-order valence-corrected chi connectivity index (χ2v) is 2.66. The van der Waals surface area contributed by atoms with Gasteiger partial charge < -0.3 is 16.2 Å². The van der Waals surface area contributed by atoms with Crippen molar-refractivity contribution in [3.8, 4) is 0 Å². The van der Waals surface area contributed by atoms with Crippen molar-refractivity contribution in [2.24, 2.45) is 5.73 Å². The first kappa shape index (κ1) is 13.4. The molecule has 4 N–H and O–H groups in total. The molecular formula is C9H11ClN2O3. The van der Waals surface area contributed by atoms with Gasteiger partial charge in [-0.3, -0.25) is 4.79 Å². The Bertz CT molecular complexity index is 342. The van der Waals surface area contributed by atoms with Gasteiger partial charge in [-0.15, -0.1) is 12.4 Å². The van der Waals surface area contributed by atoms with E-state index < -0.39 is 18.0 Å². The van der Waals surface area contributed by atoms with Gasteiger partial charge in [0.1, 0.15) is 0 Å². The lowest BCUT2D eigenvalue weighted by Crippen LogP contribution is -2.47. The van der Waals surface area contributed by atoms with Crippen molar-refractivity contribution < 1.29 is 14.7 Å². The van der Waals surface area contributed by atoms with Crippen molar-refractivity contribution in [2.45, 2.75) is 6.17 Å². The zero-order chi connectivity index (χ0) is 10.6. The summed E-state index contributed by atoms with van der Waals surface area (Å²) >= 11 is 0. The third-order valence-corrected chi connectivity index (χ3v) is 1.59. The lowest BCUT2D eigenvalue weighted by molar-refractivity contribution is -0.139. The largest absolute Gasteiger partial charge is 0.479 e. The highest BCUT2D eigenvalue weighted by Crippen LogP contribution is 1.97. The third-order valence-electron chi connectivity index (χ3n) is 1.59. The van der Waals surface area contributed by atoms with Crippen LogP contribution in [-0.4, -0.2) is 23.1 Å². The predicted octanol–water partition coefficient (Wildman–Crippen LogP) is 0.208. The standard InChI is InChI=1S/C9H10N2O3.ClH/c10-7(9(13)14)11-8(12)6-4-2-1-3-5-6;/h1-5,7H,10H2,(H,11,12)(H,13,14);1H. The zero-order valence-electron chi connectivity index (χ0n) is 7.71. The van der Waals surface area contributed by atoms with Crippen LogP contribution < -0.4 is 11.1 Å². The topological polar surface area (TPSA) is 92.4 Å². The Morgan fingerprint density at radius 1 is 1.27 bits per heavy atom. The average molecular weight is 231 g/mol. The minimum Gasteiger partial charge on any atom is -0.479 e. The van der Waals surface area contributed by atoms with Crippen LogP contribution in [-0.2, 0) is 4.79 Å².